The van der Waals surface area contributed by atoms with Gasteiger partial charge in [-0.05, 0) is 0 Å². The Morgan fingerprint density at radius 2 is 2.25 bits per heavy atom. The van der Waals surface area contributed by atoms with Crippen molar-refractivity contribution in [1.29, 1.82) is 0 Å². The molecule has 1 aliphatic carbocycles. The number of hydrogen-bond acceptors (Lipinski definition) is 2. The van der Waals surface area contributed by atoms with E-state index < -0.39 is 0 Å². The summed E-state index contributed by atoms with van der Waals surface area (Å²) in [5.41, 5.74) is 0. The van der Waals surface area contributed by atoms with Gasteiger partial charge in [0.15, 0.2) is 0 Å². The van der Waals surface area contributed by atoms with E-state index >= 15 is 0 Å². The van der Waals surface area contributed by atoms with Crippen molar-refractivity contribution in [3.8, 4) is 0 Å². The maximum atomic E-state index is 5.10. The lowest BCUT2D eigenvalue weighted by Crippen LogP contribution is -2.38. The van der Waals surface area contributed by atoms with E-state index in [-0.39, 0.29) is 12.1 Å². The van der Waals surface area contributed by atoms with E-state index in [1.54, 1.807) is 0 Å². The third-order valence-electron chi connectivity index (χ3n) is 1.99. The average Bonchev–Trinajstić information content (AvgIpc) is 2.25. The first-order valence-electron chi connectivity index (χ1n) is 4.02. The lowest BCUT2D eigenvalue weighted by molar-refractivity contribution is 0.651. The molecule has 0 amide bonds. The molecule has 0 bridgehead atoms. The molecule has 0 aromatic rings. The molecule has 2 unspecified atom stereocenters. The van der Waals surface area contributed by atoms with Crippen molar-refractivity contribution in [3.05, 3.63) is 24.3 Å². The molecule has 0 saturated heterocycles. The van der Waals surface area contributed by atoms with Crippen LogP contribution in [0.4, 0.5) is 0 Å². The van der Waals surface area contributed by atoms with Gasteiger partial charge >= 0.3 is 0 Å². The highest BCUT2D eigenvalue weighted by Gasteiger charge is 2.19. The van der Waals surface area contributed by atoms with Crippen molar-refractivity contribution in [2.24, 2.45) is 4.99 Å². The fourth-order valence-electron chi connectivity index (χ4n) is 1.37. The van der Waals surface area contributed by atoms with E-state index in [9.17, 15) is 0 Å². The highest BCUT2D eigenvalue weighted by atomic mass is 32.1. The largest absolute Gasteiger partial charge is 0.371 e. The summed E-state index contributed by atoms with van der Waals surface area (Å²) < 4.78 is 0. The van der Waals surface area contributed by atoms with Crippen LogP contribution in [0.2, 0.25) is 0 Å². The molecule has 3 heteroatoms. The topological polar surface area (TPSA) is 24.4 Å². The van der Waals surface area contributed by atoms with Gasteiger partial charge in [-0.25, -0.2) is 0 Å². The van der Waals surface area contributed by atoms with Gasteiger partial charge in [0.2, 0.25) is 0 Å². The van der Waals surface area contributed by atoms with E-state index in [2.05, 4.69) is 22.5 Å². The van der Waals surface area contributed by atoms with Gasteiger partial charge in [-0.3, -0.25) is 4.99 Å². The van der Waals surface area contributed by atoms with Crippen LogP contribution in [0, 0.1) is 0 Å². The third kappa shape index (κ3) is 1.46. The van der Waals surface area contributed by atoms with Crippen LogP contribution < -0.4 is 5.32 Å². The molecule has 0 aromatic carbocycles. The summed E-state index contributed by atoms with van der Waals surface area (Å²) in [6, 6.07) is 0.497. The first-order chi connectivity index (χ1) is 5.86. The normalized spacial score (nSPS) is 32.5. The van der Waals surface area contributed by atoms with E-state index in [1.165, 1.54) is 0 Å². The van der Waals surface area contributed by atoms with E-state index in [0.29, 0.717) is 0 Å². The standard InChI is InChI=1S/C9H10N2S/c12-9-5-6-10-7-3-1-2-4-8(7)11-9/h1-4,6-8H,5H2,(H,11,12). The third-order valence-corrected chi connectivity index (χ3v) is 2.27. The Morgan fingerprint density at radius 3 is 3.17 bits per heavy atom. The van der Waals surface area contributed by atoms with Gasteiger partial charge in [0, 0.05) is 12.6 Å². The molecule has 1 N–H and O–H groups in total. The van der Waals surface area contributed by atoms with Crippen LogP contribution in [0.5, 0.6) is 0 Å². The minimum Gasteiger partial charge on any atom is -0.371 e. The molecule has 2 atom stereocenters. The molecule has 2 rings (SSSR count). The van der Waals surface area contributed by atoms with Crippen LogP contribution in [0.15, 0.2) is 29.3 Å². The Labute approximate surface area is 77.1 Å². The summed E-state index contributed by atoms with van der Waals surface area (Å²) in [7, 11) is 0. The Bertz CT molecular complexity index is 278. The van der Waals surface area contributed by atoms with Gasteiger partial charge in [-0.15, -0.1) is 0 Å². The molecule has 0 spiro atoms. The van der Waals surface area contributed by atoms with Crippen LogP contribution in [-0.2, 0) is 0 Å². The molecule has 0 radical (unpaired) electrons. The van der Waals surface area contributed by atoms with Crippen LogP contribution >= 0.6 is 12.2 Å². The van der Waals surface area contributed by atoms with E-state index in [1.807, 2.05) is 18.4 Å². The van der Waals surface area contributed by atoms with Crippen molar-refractivity contribution in [2.75, 3.05) is 0 Å². The SMILES string of the molecule is S=C1CC=NC2C=CC=CC2N1. The van der Waals surface area contributed by atoms with Gasteiger partial charge in [0.25, 0.3) is 0 Å². The molecule has 0 saturated carbocycles. The first-order valence-corrected chi connectivity index (χ1v) is 4.43. The molecule has 12 heavy (non-hydrogen) atoms. The summed E-state index contributed by atoms with van der Waals surface area (Å²) in [4.78, 5) is 5.26. The van der Waals surface area contributed by atoms with Crippen LogP contribution in [-0.4, -0.2) is 23.3 Å². The monoisotopic (exact) mass is 178 g/mol. The zero-order valence-electron chi connectivity index (χ0n) is 6.60. The zero-order valence-corrected chi connectivity index (χ0v) is 7.42. The van der Waals surface area contributed by atoms with Crippen LogP contribution in [0.3, 0.4) is 0 Å². The van der Waals surface area contributed by atoms with Crippen molar-refractivity contribution >= 4 is 23.4 Å². The van der Waals surface area contributed by atoms with Gasteiger partial charge in [-0.1, -0.05) is 36.5 Å². The Morgan fingerprint density at radius 1 is 1.42 bits per heavy atom. The maximum absolute atomic E-state index is 5.10. The minimum absolute atomic E-state index is 0.232. The Hall–Kier alpha value is -0.960. The molecule has 1 heterocycles. The summed E-state index contributed by atoms with van der Waals surface area (Å²) >= 11 is 5.10. The van der Waals surface area contributed by atoms with E-state index in [0.717, 1.165) is 11.4 Å². The number of allylic oxidation sites excluding steroid dienone is 2. The first kappa shape index (κ1) is 7.68. The summed E-state index contributed by atoms with van der Waals surface area (Å²) in [5.74, 6) is 0. The molecule has 0 fully saturated rings. The van der Waals surface area contributed by atoms with Crippen molar-refractivity contribution in [2.45, 2.75) is 18.5 Å². The number of nitrogens with one attached hydrogen (secondary N) is 1. The number of hydrogen-bond donors (Lipinski definition) is 1. The number of thiocarbonyl (C=S) groups is 1. The molecule has 62 valence electrons. The molecular formula is C9H10N2S. The number of aliphatic imine (C=N–C) groups is 1. The minimum atomic E-state index is 0.232. The predicted molar refractivity (Wildman–Crippen MR) is 54.7 cm³/mol. The Kier molecular flexibility index (Phi) is 2.04. The molecule has 2 aliphatic rings. The highest BCUT2D eigenvalue weighted by molar-refractivity contribution is 7.80. The quantitative estimate of drug-likeness (QED) is 0.564. The predicted octanol–water partition coefficient (Wildman–Crippen LogP) is 1.24. The summed E-state index contributed by atoms with van der Waals surface area (Å²) in [6.45, 7) is 0. The van der Waals surface area contributed by atoms with Crippen molar-refractivity contribution in [1.82, 2.24) is 5.32 Å². The second-order valence-corrected chi connectivity index (χ2v) is 3.38. The van der Waals surface area contributed by atoms with Gasteiger partial charge in [0.05, 0.1) is 17.1 Å². The average molecular weight is 178 g/mol. The second-order valence-electron chi connectivity index (χ2n) is 2.89. The molecule has 1 aliphatic heterocycles. The van der Waals surface area contributed by atoms with Crippen LogP contribution in [0.1, 0.15) is 6.42 Å². The lowest BCUT2D eigenvalue weighted by atomic mass is 10.0. The molecule has 2 nitrogen and oxygen atoms in total. The fraction of sp³-hybridized carbons (Fsp3) is 0.333. The lowest BCUT2D eigenvalue weighted by Gasteiger charge is -2.20. The van der Waals surface area contributed by atoms with Gasteiger partial charge < -0.3 is 5.32 Å². The second kappa shape index (κ2) is 3.19. The maximum Gasteiger partial charge on any atom is 0.0916 e. The smallest absolute Gasteiger partial charge is 0.0916 e. The van der Waals surface area contributed by atoms with E-state index in [4.69, 9.17) is 12.2 Å². The summed E-state index contributed by atoms with van der Waals surface area (Å²) in [5, 5.41) is 3.25. The zero-order chi connectivity index (χ0) is 8.39. The van der Waals surface area contributed by atoms with Gasteiger partial charge in [-0.2, -0.15) is 0 Å². The van der Waals surface area contributed by atoms with Crippen molar-refractivity contribution in [3.63, 3.8) is 0 Å². The molecular weight excluding hydrogens is 168 g/mol. The van der Waals surface area contributed by atoms with Crippen LogP contribution in [0.25, 0.3) is 0 Å². The number of fused-ring (bicyclic) bond motifs is 1. The number of nitrogens with zero attached hydrogens (tertiary/aromatic N) is 1. The van der Waals surface area contributed by atoms with Gasteiger partial charge in [0.1, 0.15) is 0 Å². The van der Waals surface area contributed by atoms with Crippen molar-refractivity contribution < 1.29 is 0 Å². The Balaban J connectivity index is 2.21. The number of rotatable bonds is 0. The summed E-state index contributed by atoms with van der Waals surface area (Å²) in [6.07, 6.45) is 10.9. The highest BCUT2D eigenvalue weighted by Crippen LogP contribution is 2.11. The molecule has 0 aromatic heterocycles. The fourth-order valence-corrected chi connectivity index (χ4v) is 1.58.